The van der Waals surface area contributed by atoms with Gasteiger partial charge in [0, 0.05) is 56.4 Å². The van der Waals surface area contributed by atoms with Crippen LogP contribution in [-0.2, 0) is 17.6 Å². The molecular weight excluding hydrogens is 562 g/mol. The standard InChI is InChI=1S/C31H39N9O2S/c1-37(2)29(31(42)38(3)4)21-11-12-25(32-18-21)35-28-17-27(36-26-13-14-33-40(26)28)39-15-7-9-22(19-39)34-30(41)24-16-20-8-5-6-10-23(20)43-24/h11-14,16-18,22,29H,5-10,15,19H2,1-4H3,(H,32,35)(H,34,41)/t22?,29-/m0/s1. The molecule has 2 aliphatic rings. The Kier molecular flexibility index (Phi) is 8.31. The normalized spacial score (nSPS) is 17.5. The molecule has 12 heteroatoms. The molecule has 4 aromatic heterocycles. The first kappa shape index (κ1) is 29.1. The fraction of sp³-hybridized carbons (Fsp3) is 0.452. The van der Waals surface area contributed by atoms with Crippen molar-refractivity contribution in [2.75, 3.05) is 51.5 Å². The summed E-state index contributed by atoms with van der Waals surface area (Å²) in [6.45, 7) is 1.54. The van der Waals surface area contributed by atoms with Crippen molar-refractivity contribution in [2.45, 2.75) is 50.6 Å². The zero-order chi connectivity index (χ0) is 30.1. The minimum Gasteiger partial charge on any atom is -0.354 e. The minimum absolute atomic E-state index is 0.00457. The number of aryl methyl sites for hydroxylation is 2. The largest absolute Gasteiger partial charge is 0.354 e. The van der Waals surface area contributed by atoms with E-state index in [2.05, 4.69) is 31.7 Å². The van der Waals surface area contributed by atoms with Gasteiger partial charge in [-0.25, -0.2) is 9.97 Å². The van der Waals surface area contributed by atoms with Gasteiger partial charge in [0.15, 0.2) is 5.65 Å². The predicted molar refractivity (Wildman–Crippen MR) is 169 cm³/mol. The summed E-state index contributed by atoms with van der Waals surface area (Å²) in [5.74, 6) is 2.21. The van der Waals surface area contributed by atoms with Gasteiger partial charge in [-0.1, -0.05) is 6.07 Å². The molecule has 0 bridgehead atoms. The van der Waals surface area contributed by atoms with Crippen molar-refractivity contribution < 1.29 is 9.59 Å². The third kappa shape index (κ3) is 6.21. The number of nitrogens with zero attached hydrogens (tertiary/aromatic N) is 7. The van der Waals surface area contributed by atoms with E-state index in [4.69, 9.17) is 4.98 Å². The Labute approximate surface area is 255 Å². The van der Waals surface area contributed by atoms with Gasteiger partial charge in [0.2, 0.25) is 5.91 Å². The number of rotatable bonds is 8. The quantitative estimate of drug-likeness (QED) is 0.313. The van der Waals surface area contributed by atoms with Gasteiger partial charge >= 0.3 is 0 Å². The monoisotopic (exact) mass is 601 g/mol. The number of carbonyl (C=O) groups excluding carboxylic acids is 2. The van der Waals surface area contributed by atoms with Crippen LogP contribution in [0.25, 0.3) is 5.65 Å². The second-order valence-electron chi connectivity index (χ2n) is 11.8. The number of anilines is 3. The van der Waals surface area contributed by atoms with Gasteiger partial charge in [0.1, 0.15) is 23.5 Å². The minimum atomic E-state index is -0.417. The van der Waals surface area contributed by atoms with Crippen LogP contribution in [0.5, 0.6) is 0 Å². The van der Waals surface area contributed by atoms with E-state index in [1.165, 1.54) is 23.3 Å². The summed E-state index contributed by atoms with van der Waals surface area (Å²) in [5.41, 5.74) is 2.89. The van der Waals surface area contributed by atoms with E-state index < -0.39 is 6.04 Å². The molecule has 2 atom stereocenters. The van der Waals surface area contributed by atoms with E-state index in [0.717, 1.165) is 60.0 Å². The Balaban J connectivity index is 1.18. The Hall–Kier alpha value is -4.03. The molecule has 1 saturated heterocycles. The molecule has 1 aliphatic heterocycles. The highest BCUT2D eigenvalue weighted by molar-refractivity contribution is 7.14. The highest BCUT2D eigenvalue weighted by atomic mass is 32.1. The number of aromatic nitrogens is 4. The van der Waals surface area contributed by atoms with Crippen molar-refractivity contribution >= 4 is 46.3 Å². The van der Waals surface area contributed by atoms with Crippen LogP contribution < -0.4 is 15.5 Å². The maximum atomic E-state index is 13.2. The average Bonchev–Trinajstić information content (AvgIpc) is 3.66. The first-order valence-corrected chi connectivity index (χ1v) is 15.7. The highest BCUT2D eigenvalue weighted by Gasteiger charge is 2.27. The second-order valence-corrected chi connectivity index (χ2v) is 13.0. The Bertz CT molecular complexity index is 1590. The van der Waals surface area contributed by atoms with Crippen LogP contribution in [0, 0.1) is 0 Å². The molecule has 2 N–H and O–H groups in total. The first-order valence-electron chi connectivity index (χ1n) is 14.9. The predicted octanol–water partition coefficient (Wildman–Crippen LogP) is 3.90. The zero-order valence-corrected chi connectivity index (χ0v) is 26.0. The smallest absolute Gasteiger partial charge is 0.261 e. The molecule has 2 amide bonds. The summed E-state index contributed by atoms with van der Waals surface area (Å²) >= 11 is 1.66. The van der Waals surface area contributed by atoms with E-state index in [9.17, 15) is 9.59 Å². The summed E-state index contributed by atoms with van der Waals surface area (Å²) < 4.78 is 1.75. The van der Waals surface area contributed by atoms with Crippen LogP contribution in [0.3, 0.4) is 0 Å². The van der Waals surface area contributed by atoms with Crippen LogP contribution in [0.2, 0.25) is 0 Å². The van der Waals surface area contributed by atoms with Gasteiger partial charge in [-0.05, 0) is 75.9 Å². The molecule has 0 spiro atoms. The molecule has 1 fully saturated rings. The number of nitrogens with one attached hydrogen (secondary N) is 2. The van der Waals surface area contributed by atoms with Crippen LogP contribution in [0.1, 0.15) is 57.4 Å². The lowest BCUT2D eigenvalue weighted by atomic mass is 9.99. The number of thiophene rings is 1. The summed E-state index contributed by atoms with van der Waals surface area (Å²) in [4.78, 5) is 43.3. The molecule has 5 heterocycles. The number of piperidine rings is 1. The van der Waals surface area contributed by atoms with Crippen LogP contribution in [-0.4, -0.2) is 88.5 Å². The lowest BCUT2D eigenvalue weighted by Crippen LogP contribution is -2.48. The summed E-state index contributed by atoms with van der Waals surface area (Å²) in [5, 5.41) is 11.2. The molecule has 0 aromatic carbocycles. The molecule has 0 saturated carbocycles. The lowest BCUT2D eigenvalue weighted by Gasteiger charge is -2.34. The molecule has 0 radical (unpaired) electrons. The number of carbonyl (C=O) groups is 2. The molecule has 4 aromatic rings. The van der Waals surface area contributed by atoms with Crippen molar-refractivity contribution in [3.05, 3.63) is 63.6 Å². The van der Waals surface area contributed by atoms with Gasteiger partial charge < -0.3 is 20.4 Å². The molecule has 11 nitrogen and oxygen atoms in total. The van der Waals surface area contributed by atoms with Crippen LogP contribution in [0.15, 0.2) is 42.7 Å². The van der Waals surface area contributed by atoms with Crippen molar-refractivity contribution in [3.63, 3.8) is 0 Å². The zero-order valence-electron chi connectivity index (χ0n) is 25.2. The number of amides is 2. The SMILES string of the molecule is CN(C)C(=O)[C@H](c1ccc(Nc2cc(N3CCCC(NC(=O)c4cc5c(s4)CCCC5)C3)nc3ccnn23)nc1)N(C)C. The molecule has 43 heavy (non-hydrogen) atoms. The van der Waals surface area contributed by atoms with Crippen LogP contribution in [0.4, 0.5) is 17.5 Å². The lowest BCUT2D eigenvalue weighted by molar-refractivity contribution is -0.133. The Morgan fingerprint density at radius 2 is 1.91 bits per heavy atom. The highest BCUT2D eigenvalue weighted by Crippen LogP contribution is 2.30. The Morgan fingerprint density at radius 3 is 2.65 bits per heavy atom. The fourth-order valence-corrected chi connectivity index (χ4v) is 7.15. The van der Waals surface area contributed by atoms with Crippen LogP contribution >= 0.6 is 11.3 Å². The number of hydrogen-bond donors (Lipinski definition) is 2. The summed E-state index contributed by atoms with van der Waals surface area (Å²) in [6, 6.07) is 9.38. The maximum Gasteiger partial charge on any atom is 0.261 e. The topological polar surface area (TPSA) is 111 Å². The molecule has 6 rings (SSSR count). The maximum absolute atomic E-state index is 13.2. The van der Waals surface area contributed by atoms with E-state index in [-0.39, 0.29) is 17.9 Å². The van der Waals surface area contributed by atoms with Gasteiger partial charge in [0.25, 0.3) is 5.91 Å². The average molecular weight is 602 g/mol. The first-order chi connectivity index (χ1) is 20.8. The number of fused-ring (bicyclic) bond motifs is 2. The Morgan fingerprint density at radius 1 is 1.07 bits per heavy atom. The number of pyridine rings is 1. The van der Waals surface area contributed by atoms with Crippen molar-refractivity contribution in [2.24, 2.45) is 0 Å². The molecule has 226 valence electrons. The third-order valence-corrected chi connectivity index (χ3v) is 9.43. The number of hydrogen-bond acceptors (Lipinski definition) is 9. The van der Waals surface area contributed by atoms with E-state index in [0.29, 0.717) is 12.4 Å². The molecule has 1 unspecified atom stereocenters. The summed E-state index contributed by atoms with van der Waals surface area (Å²) in [6.07, 6.45) is 9.96. The van der Waals surface area contributed by atoms with Crippen molar-refractivity contribution in [1.82, 2.24) is 34.7 Å². The fourth-order valence-electron chi connectivity index (χ4n) is 5.99. The summed E-state index contributed by atoms with van der Waals surface area (Å²) in [7, 11) is 7.28. The van der Waals surface area contributed by atoms with Crippen molar-refractivity contribution in [1.29, 1.82) is 0 Å². The third-order valence-electron chi connectivity index (χ3n) is 8.20. The molecule has 1 aliphatic carbocycles. The molecular formula is C31H39N9O2S. The van der Waals surface area contributed by atoms with Gasteiger partial charge in [-0.3, -0.25) is 14.5 Å². The van der Waals surface area contributed by atoms with E-state index in [1.54, 1.807) is 47.2 Å². The van der Waals surface area contributed by atoms with E-state index in [1.807, 2.05) is 43.3 Å². The van der Waals surface area contributed by atoms with Gasteiger partial charge in [0.05, 0.1) is 11.1 Å². The number of likely N-dealkylation sites (N-methyl/N-ethyl adjacent to an activating group) is 2. The van der Waals surface area contributed by atoms with E-state index >= 15 is 0 Å². The second kappa shape index (κ2) is 12.3. The van der Waals surface area contributed by atoms with Gasteiger partial charge in [-0.2, -0.15) is 9.61 Å². The van der Waals surface area contributed by atoms with Gasteiger partial charge in [-0.15, -0.1) is 11.3 Å². The van der Waals surface area contributed by atoms with Crippen molar-refractivity contribution in [3.8, 4) is 0 Å².